The van der Waals surface area contributed by atoms with Crippen LogP contribution in [0.5, 0.6) is 0 Å². The Labute approximate surface area is 317 Å². The second kappa shape index (κ2) is 18.7. The average Bonchev–Trinajstić information content (AvgIpc) is 3.35. The molecule has 0 aliphatic heterocycles. The molecule has 0 saturated carbocycles. The van der Waals surface area contributed by atoms with Gasteiger partial charge in [-0.3, -0.25) is 9.59 Å². The summed E-state index contributed by atoms with van der Waals surface area (Å²) in [4.78, 5) is 36.6. The van der Waals surface area contributed by atoms with Gasteiger partial charge < -0.3 is 30.3 Å². The van der Waals surface area contributed by atoms with Crippen molar-refractivity contribution >= 4 is 77.0 Å². The second-order valence-electron chi connectivity index (χ2n) is 11.3. The van der Waals surface area contributed by atoms with Crippen molar-refractivity contribution in [2.45, 2.75) is 64.3 Å². The van der Waals surface area contributed by atoms with Crippen molar-refractivity contribution in [3.63, 3.8) is 0 Å². The van der Waals surface area contributed by atoms with E-state index in [1.807, 2.05) is 48.7 Å². The number of carboxylic acid groups (broad SMARTS) is 2. The number of hydrogen-bond acceptors (Lipinski definition) is 5. The molecule has 0 bridgehead atoms. The number of nitrogens with zero attached hydrogens (tertiary/aromatic N) is 1. The summed E-state index contributed by atoms with van der Waals surface area (Å²) in [6.07, 6.45) is -2.42. The van der Waals surface area contributed by atoms with Crippen LogP contribution in [0.4, 0.5) is 4.39 Å². The molecule has 12 heteroatoms. The molecule has 4 rings (SSSR count). The number of benzene rings is 3. The molecule has 0 fully saturated rings. The van der Waals surface area contributed by atoms with Gasteiger partial charge in [-0.15, -0.1) is 0 Å². The molecule has 2 atom stereocenters. The number of amides is 1. The Bertz CT molecular complexity index is 1660. The van der Waals surface area contributed by atoms with Crippen LogP contribution in [0.15, 0.2) is 78.9 Å². The number of hydrogen-bond donors (Lipinski definition) is 5. The zero-order valence-electron chi connectivity index (χ0n) is 27.1. The molecule has 0 saturated heterocycles. The van der Waals surface area contributed by atoms with Crippen molar-refractivity contribution in [1.82, 2.24) is 9.88 Å². The number of carbonyl (C=O) groups is 3. The van der Waals surface area contributed by atoms with E-state index in [1.54, 1.807) is 24.3 Å². The van der Waals surface area contributed by atoms with Gasteiger partial charge in [0, 0.05) is 88.5 Å². The van der Waals surface area contributed by atoms with E-state index in [0.29, 0.717) is 33.6 Å². The minimum atomic E-state index is -1.22. The molecule has 0 aliphatic carbocycles. The van der Waals surface area contributed by atoms with Crippen LogP contribution in [-0.4, -0.2) is 114 Å². The van der Waals surface area contributed by atoms with E-state index >= 15 is 0 Å². The van der Waals surface area contributed by atoms with E-state index in [9.17, 15) is 34.1 Å². The number of carbonyl (C=O) groups excluding carboxylic acids is 1. The van der Waals surface area contributed by atoms with Gasteiger partial charge in [-0.25, -0.2) is 9.18 Å². The van der Waals surface area contributed by atoms with E-state index in [-0.39, 0.29) is 96.5 Å². The van der Waals surface area contributed by atoms with Crippen LogP contribution in [0.3, 0.4) is 0 Å². The predicted octanol–water partition coefficient (Wildman–Crippen LogP) is 4.93. The fourth-order valence-electron chi connectivity index (χ4n) is 5.59. The average molecular weight is 663 g/mol. The van der Waals surface area contributed by atoms with Crippen molar-refractivity contribution < 1.29 is 39.2 Å². The molecule has 9 nitrogen and oxygen atoms in total. The minimum absolute atomic E-state index is 0. The third-order valence-corrected chi connectivity index (χ3v) is 7.53. The van der Waals surface area contributed by atoms with Crippen molar-refractivity contribution in [3.8, 4) is 22.3 Å². The molecule has 0 spiro atoms. The fraction of sp³-hybridized carbons (Fsp3) is 0.286. The summed E-state index contributed by atoms with van der Waals surface area (Å²) in [6, 6.07) is 21.3. The summed E-state index contributed by atoms with van der Waals surface area (Å²) >= 11 is 0. The van der Waals surface area contributed by atoms with Gasteiger partial charge in [0.1, 0.15) is 11.5 Å². The first kappa shape index (κ1) is 40.4. The smallest absolute Gasteiger partial charge is 0.335 e. The van der Waals surface area contributed by atoms with Gasteiger partial charge in [-0.2, -0.15) is 0 Å². The summed E-state index contributed by atoms with van der Waals surface area (Å²) < 4.78 is 16.0. The molecule has 1 aromatic heterocycles. The van der Waals surface area contributed by atoms with Gasteiger partial charge in [0.25, 0.3) is 5.91 Å². The quantitative estimate of drug-likeness (QED) is 0.120. The van der Waals surface area contributed by atoms with Gasteiger partial charge >= 0.3 is 11.9 Å². The predicted molar refractivity (Wildman–Crippen MR) is 179 cm³/mol. The number of aromatic nitrogens is 1. The van der Waals surface area contributed by atoms with E-state index in [0.717, 1.165) is 5.56 Å². The Morgan fingerprint density at radius 1 is 0.830 bits per heavy atom. The maximum Gasteiger partial charge on any atom is 0.335 e. The zero-order chi connectivity index (χ0) is 32.7. The molecule has 4 aromatic rings. The topological polar surface area (TPSA) is 149 Å². The molecule has 1 amide bonds. The monoisotopic (exact) mass is 662 g/mol. The Kier molecular flexibility index (Phi) is 16.0. The number of rotatable bonds is 14. The number of carboxylic acids is 2. The van der Waals surface area contributed by atoms with Crippen LogP contribution in [0.2, 0.25) is 0 Å². The van der Waals surface area contributed by atoms with E-state index < -0.39 is 42.3 Å². The van der Waals surface area contributed by atoms with Crippen molar-refractivity contribution in [2.75, 3.05) is 0 Å². The van der Waals surface area contributed by atoms with Crippen LogP contribution in [-0.2, 0) is 17.8 Å². The summed E-state index contributed by atoms with van der Waals surface area (Å²) in [5.74, 6) is -3.07. The first-order valence-electron chi connectivity index (χ1n) is 14.7. The fourth-order valence-corrected chi connectivity index (χ4v) is 5.59. The molecule has 47 heavy (non-hydrogen) atoms. The van der Waals surface area contributed by atoms with E-state index in [4.69, 9.17) is 5.11 Å². The molecule has 2 radical (unpaired) electrons. The molecule has 1 heterocycles. The SMILES string of the molecule is CC(C)n1c(CC[C@@H](O)C[C@@H](O)CC(=O)O)c(-c2ccc(F)cc2)c(-c2ccccc2)c1C(=O)NCc1cccc(C(=O)O)c1.[Na].[Na]. The molecule has 3 aromatic carbocycles. The Morgan fingerprint density at radius 2 is 1.47 bits per heavy atom. The van der Waals surface area contributed by atoms with Crippen molar-refractivity contribution in [3.05, 3.63) is 107 Å². The van der Waals surface area contributed by atoms with E-state index in [1.165, 1.54) is 24.3 Å². The number of halogens is 1. The molecule has 0 unspecified atom stereocenters. The Balaban J connectivity index is 0.00000384. The largest absolute Gasteiger partial charge is 0.481 e. The Morgan fingerprint density at radius 3 is 2.06 bits per heavy atom. The van der Waals surface area contributed by atoms with Gasteiger partial charge in [-0.05, 0) is 74.1 Å². The third-order valence-electron chi connectivity index (χ3n) is 7.53. The summed E-state index contributed by atoms with van der Waals surface area (Å²) in [7, 11) is 0. The normalized spacial score (nSPS) is 12.0. The number of aromatic carboxylic acids is 1. The molecule has 0 aliphatic rings. The summed E-state index contributed by atoms with van der Waals surface area (Å²) in [5.41, 5.74) is 4.47. The van der Waals surface area contributed by atoms with Crippen LogP contribution in [0.25, 0.3) is 22.3 Å². The van der Waals surface area contributed by atoms with Crippen LogP contribution in [0.1, 0.15) is 71.3 Å². The number of aliphatic hydroxyl groups is 2. The number of nitrogens with one attached hydrogen (secondary N) is 1. The summed E-state index contributed by atoms with van der Waals surface area (Å²) in [5, 5.41) is 42.2. The van der Waals surface area contributed by atoms with Gasteiger partial charge in [0.15, 0.2) is 0 Å². The first-order chi connectivity index (χ1) is 21.5. The number of aliphatic carboxylic acids is 1. The van der Waals surface area contributed by atoms with Crippen molar-refractivity contribution in [1.29, 1.82) is 0 Å². The molecule has 5 N–H and O–H groups in total. The zero-order valence-corrected chi connectivity index (χ0v) is 31.1. The molecule has 238 valence electrons. The minimum Gasteiger partial charge on any atom is -0.481 e. The number of aliphatic hydroxyl groups excluding tert-OH is 2. The van der Waals surface area contributed by atoms with Crippen LogP contribution in [0, 0.1) is 5.82 Å². The van der Waals surface area contributed by atoms with Gasteiger partial charge in [0.2, 0.25) is 0 Å². The molecular formula is C35H37FN2Na2O7. The first-order valence-corrected chi connectivity index (χ1v) is 14.7. The molecular weight excluding hydrogens is 625 g/mol. The third kappa shape index (κ3) is 10.6. The Hall–Kier alpha value is -2.80. The standard InChI is InChI=1S/C35H37FN2O7.2Na/c1-21(2)38-29(16-15-27(39)18-28(40)19-30(41)42)31(24-11-13-26(36)14-12-24)32(23-8-4-3-5-9-23)33(38)34(43)37-20-22-7-6-10-25(17-22)35(44)45;;/h3-14,17,21,27-28,39-40H,15-16,18-20H2,1-2H3,(H,37,43)(H,41,42)(H,44,45);;/t27-,28-;;/m1../s1. The van der Waals surface area contributed by atoms with Gasteiger partial charge in [0.05, 0.1) is 24.2 Å². The van der Waals surface area contributed by atoms with Crippen LogP contribution < -0.4 is 5.32 Å². The maximum atomic E-state index is 14.1. The van der Waals surface area contributed by atoms with E-state index in [2.05, 4.69) is 5.32 Å². The van der Waals surface area contributed by atoms with Crippen LogP contribution >= 0.6 is 0 Å². The van der Waals surface area contributed by atoms with Gasteiger partial charge in [-0.1, -0.05) is 54.6 Å². The maximum absolute atomic E-state index is 14.1. The van der Waals surface area contributed by atoms with Crippen molar-refractivity contribution in [2.24, 2.45) is 0 Å². The summed E-state index contributed by atoms with van der Waals surface area (Å²) in [6.45, 7) is 3.92. The second-order valence-corrected chi connectivity index (χ2v) is 11.3.